The first-order valence-electron chi connectivity index (χ1n) is 8.12. The molecule has 2 atom stereocenters. The minimum Gasteiger partial charge on any atom is -0.447 e. The van der Waals surface area contributed by atoms with Gasteiger partial charge in [0, 0.05) is 38.1 Å². The average molecular weight is 307 g/mol. The van der Waals surface area contributed by atoms with Crippen molar-refractivity contribution >= 4 is 5.91 Å². The molecule has 1 amide bonds. The van der Waals surface area contributed by atoms with Crippen molar-refractivity contribution in [3.8, 4) is 0 Å². The van der Waals surface area contributed by atoms with E-state index in [0.29, 0.717) is 23.4 Å². The van der Waals surface area contributed by atoms with Crippen LogP contribution in [0.25, 0.3) is 0 Å². The zero-order valence-electron chi connectivity index (χ0n) is 13.6. The van der Waals surface area contributed by atoms with Gasteiger partial charge in [0.25, 0.3) is 5.91 Å². The van der Waals surface area contributed by atoms with Gasteiger partial charge in [-0.2, -0.15) is 0 Å². The molecular formula is C16H25N3O3. The van der Waals surface area contributed by atoms with Gasteiger partial charge in [0.05, 0.1) is 13.2 Å². The monoisotopic (exact) mass is 307 g/mol. The molecule has 0 saturated carbocycles. The molecule has 6 heteroatoms. The third-order valence-corrected chi connectivity index (χ3v) is 4.70. The highest BCUT2D eigenvalue weighted by Crippen LogP contribution is 2.26. The third kappa shape index (κ3) is 2.90. The van der Waals surface area contributed by atoms with Gasteiger partial charge in [-0.1, -0.05) is 20.8 Å². The maximum atomic E-state index is 12.8. The Morgan fingerprint density at radius 2 is 2.05 bits per heavy atom. The van der Waals surface area contributed by atoms with E-state index in [9.17, 15) is 4.79 Å². The van der Waals surface area contributed by atoms with Crippen molar-refractivity contribution in [1.82, 2.24) is 14.8 Å². The number of ether oxygens (including phenoxy) is 1. The third-order valence-electron chi connectivity index (χ3n) is 4.70. The Bertz CT molecular complexity index is 522. The van der Waals surface area contributed by atoms with Crippen LogP contribution in [-0.4, -0.2) is 66.1 Å². The molecule has 0 bridgehead atoms. The fourth-order valence-corrected chi connectivity index (χ4v) is 3.48. The lowest BCUT2D eigenvalue weighted by Crippen LogP contribution is -2.47. The second-order valence-corrected chi connectivity index (χ2v) is 6.62. The maximum absolute atomic E-state index is 12.8. The van der Waals surface area contributed by atoms with Gasteiger partial charge >= 0.3 is 0 Å². The summed E-state index contributed by atoms with van der Waals surface area (Å²) in [6, 6.07) is 0.419. The van der Waals surface area contributed by atoms with Gasteiger partial charge < -0.3 is 14.1 Å². The number of aromatic nitrogens is 1. The van der Waals surface area contributed by atoms with Gasteiger partial charge in [0.15, 0.2) is 12.1 Å². The lowest BCUT2D eigenvalue weighted by Gasteiger charge is -2.33. The predicted molar refractivity (Wildman–Crippen MR) is 81.8 cm³/mol. The van der Waals surface area contributed by atoms with Crippen LogP contribution >= 0.6 is 0 Å². The van der Waals surface area contributed by atoms with Gasteiger partial charge in [-0.05, 0) is 5.92 Å². The Labute approximate surface area is 131 Å². The Balaban J connectivity index is 1.70. The summed E-state index contributed by atoms with van der Waals surface area (Å²) >= 11 is 0. The molecule has 3 rings (SSSR count). The summed E-state index contributed by atoms with van der Waals surface area (Å²) < 4.78 is 10.8. The van der Waals surface area contributed by atoms with Crippen LogP contribution in [0.3, 0.4) is 0 Å². The fourth-order valence-electron chi connectivity index (χ4n) is 3.48. The van der Waals surface area contributed by atoms with Crippen LogP contribution in [0, 0.1) is 5.92 Å². The van der Waals surface area contributed by atoms with E-state index in [1.807, 2.05) is 18.7 Å². The largest absolute Gasteiger partial charge is 0.447 e. The highest BCUT2D eigenvalue weighted by Gasteiger charge is 2.38. The van der Waals surface area contributed by atoms with Gasteiger partial charge in [-0.3, -0.25) is 9.69 Å². The molecule has 1 aromatic heterocycles. The van der Waals surface area contributed by atoms with E-state index in [4.69, 9.17) is 9.15 Å². The van der Waals surface area contributed by atoms with E-state index in [1.54, 1.807) is 0 Å². The van der Waals surface area contributed by atoms with Gasteiger partial charge in [0.2, 0.25) is 0 Å². The van der Waals surface area contributed by atoms with Crippen LogP contribution in [0.2, 0.25) is 0 Å². The Hall–Kier alpha value is -1.40. The number of rotatable bonds is 3. The summed E-state index contributed by atoms with van der Waals surface area (Å²) in [6.07, 6.45) is 1.38. The summed E-state index contributed by atoms with van der Waals surface area (Å²) in [5, 5.41) is 0. The molecule has 0 spiro atoms. The van der Waals surface area contributed by atoms with E-state index in [-0.39, 0.29) is 11.8 Å². The van der Waals surface area contributed by atoms with E-state index < -0.39 is 0 Å². The smallest absolute Gasteiger partial charge is 0.276 e. The normalized spacial score (nSPS) is 26.8. The number of hydrogen-bond acceptors (Lipinski definition) is 5. The molecule has 122 valence electrons. The van der Waals surface area contributed by atoms with Crippen LogP contribution in [0.15, 0.2) is 10.8 Å². The van der Waals surface area contributed by atoms with Crippen LogP contribution in [0.5, 0.6) is 0 Å². The van der Waals surface area contributed by atoms with Crippen molar-refractivity contribution in [3.05, 3.63) is 17.8 Å². The lowest BCUT2D eigenvalue weighted by molar-refractivity contribution is 0.0119. The number of hydrogen-bond donors (Lipinski definition) is 0. The summed E-state index contributed by atoms with van der Waals surface area (Å²) in [4.78, 5) is 21.3. The van der Waals surface area contributed by atoms with Gasteiger partial charge in [-0.15, -0.1) is 0 Å². The van der Waals surface area contributed by atoms with Crippen molar-refractivity contribution in [1.29, 1.82) is 0 Å². The molecule has 1 aromatic rings. The first-order valence-corrected chi connectivity index (χ1v) is 8.12. The molecule has 3 heterocycles. The van der Waals surface area contributed by atoms with Crippen LogP contribution < -0.4 is 0 Å². The summed E-state index contributed by atoms with van der Waals surface area (Å²) in [7, 11) is 0. The molecule has 0 aliphatic carbocycles. The molecule has 2 fully saturated rings. The first-order chi connectivity index (χ1) is 10.6. The average Bonchev–Trinajstić information content (AvgIpc) is 3.14. The summed E-state index contributed by atoms with van der Waals surface area (Å²) in [6.45, 7) is 11.3. The van der Waals surface area contributed by atoms with Gasteiger partial charge in [-0.25, -0.2) is 4.98 Å². The number of nitrogens with zero attached hydrogens (tertiary/aromatic N) is 3. The number of carbonyl (C=O) groups excluding carboxylic acids is 1. The van der Waals surface area contributed by atoms with Crippen molar-refractivity contribution in [2.45, 2.75) is 32.7 Å². The highest BCUT2D eigenvalue weighted by atomic mass is 16.5. The number of amides is 1. The molecule has 22 heavy (non-hydrogen) atoms. The Morgan fingerprint density at radius 1 is 1.32 bits per heavy atom. The highest BCUT2D eigenvalue weighted by molar-refractivity contribution is 5.93. The predicted octanol–water partition coefficient (Wildman–Crippen LogP) is 1.59. The van der Waals surface area contributed by atoms with Crippen molar-refractivity contribution in [2.24, 2.45) is 5.92 Å². The zero-order chi connectivity index (χ0) is 15.7. The molecule has 2 aliphatic heterocycles. The van der Waals surface area contributed by atoms with E-state index in [2.05, 4.69) is 16.8 Å². The Morgan fingerprint density at radius 3 is 2.73 bits per heavy atom. The molecule has 2 saturated heterocycles. The van der Waals surface area contributed by atoms with E-state index in [1.165, 1.54) is 6.39 Å². The molecule has 6 nitrogen and oxygen atoms in total. The van der Waals surface area contributed by atoms with E-state index >= 15 is 0 Å². The molecule has 0 aromatic carbocycles. The number of morpholine rings is 1. The minimum absolute atomic E-state index is 0.0000550. The zero-order valence-corrected chi connectivity index (χ0v) is 13.6. The van der Waals surface area contributed by atoms with E-state index in [0.717, 1.165) is 39.4 Å². The second-order valence-electron chi connectivity index (χ2n) is 6.62. The van der Waals surface area contributed by atoms with Crippen molar-refractivity contribution in [2.75, 3.05) is 39.4 Å². The Kier molecular flexibility index (Phi) is 4.49. The van der Waals surface area contributed by atoms with Crippen molar-refractivity contribution in [3.63, 3.8) is 0 Å². The number of carbonyl (C=O) groups is 1. The van der Waals surface area contributed by atoms with Crippen molar-refractivity contribution < 1.29 is 13.9 Å². The SMILES string of the molecule is CC(C)c1ocnc1C(=O)N1CC(C)C(N2CCOCC2)C1. The molecule has 0 radical (unpaired) electrons. The molecule has 2 aliphatic rings. The maximum Gasteiger partial charge on any atom is 0.276 e. The van der Waals surface area contributed by atoms with Crippen LogP contribution in [0.4, 0.5) is 0 Å². The summed E-state index contributed by atoms with van der Waals surface area (Å²) in [5.41, 5.74) is 0.477. The number of likely N-dealkylation sites (tertiary alicyclic amines) is 1. The molecule has 0 N–H and O–H groups in total. The minimum atomic E-state index is 0.0000550. The second kappa shape index (κ2) is 6.38. The first kappa shape index (κ1) is 15.5. The topological polar surface area (TPSA) is 58.8 Å². The molecular weight excluding hydrogens is 282 g/mol. The fraction of sp³-hybridized carbons (Fsp3) is 0.750. The van der Waals surface area contributed by atoms with Gasteiger partial charge in [0.1, 0.15) is 5.76 Å². The standard InChI is InChI=1S/C16H25N3O3/c1-11(2)15-14(17-10-22-15)16(20)19-8-12(3)13(9-19)18-4-6-21-7-5-18/h10-13H,4-9H2,1-3H3. The summed E-state index contributed by atoms with van der Waals surface area (Å²) in [5.74, 6) is 1.32. The lowest BCUT2D eigenvalue weighted by atomic mass is 10.0. The quantitative estimate of drug-likeness (QED) is 0.849. The number of oxazole rings is 1. The van der Waals surface area contributed by atoms with Crippen LogP contribution in [0.1, 0.15) is 42.9 Å². The van der Waals surface area contributed by atoms with Crippen LogP contribution in [-0.2, 0) is 4.74 Å². The molecule has 2 unspecified atom stereocenters.